The number of rotatable bonds is 3. The van der Waals surface area contributed by atoms with Gasteiger partial charge in [-0.2, -0.15) is 8.42 Å². The van der Waals surface area contributed by atoms with Crippen LogP contribution in [-0.4, -0.2) is 28.7 Å². The van der Waals surface area contributed by atoms with Crippen molar-refractivity contribution in [2.75, 3.05) is 24.2 Å². The predicted octanol–water partition coefficient (Wildman–Crippen LogP) is 0.959. The van der Waals surface area contributed by atoms with Crippen molar-refractivity contribution in [2.45, 2.75) is 0 Å². The van der Waals surface area contributed by atoms with Crippen LogP contribution in [0.15, 0.2) is 18.2 Å². The van der Waals surface area contributed by atoms with Crippen LogP contribution in [0, 0.1) is 0 Å². The number of nitrogens with one attached hydrogen (secondary N) is 1. The third kappa shape index (κ3) is 3.17. The zero-order valence-corrected chi connectivity index (χ0v) is 11.2. The second kappa shape index (κ2) is 5.32. The molecule has 0 saturated carbocycles. The van der Waals surface area contributed by atoms with Crippen LogP contribution >= 0.6 is 11.6 Å². The number of carbonyl (C=O) groups is 1. The maximum atomic E-state index is 11.8. The summed E-state index contributed by atoms with van der Waals surface area (Å²) in [5.41, 5.74) is 6.00. The summed E-state index contributed by atoms with van der Waals surface area (Å²) in [6, 6.07) is 4.35. The molecule has 9 heteroatoms. The van der Waals surface area contributed by atoms with Crippen molar-refractivity contribution in [1.82, 2.24) is 4.72 Å². The fourth-order valence-electron chi connectivity index (χ4n) is 1.13. The summed E-state index contributed by atoms with van der Waals surface area (Å²) in [6.45, 7) is 0. The van der Waals surface area contributed by atoms with Crippen LogP contribution in [-0.2, 0) is 14.9 Å². The molecule has 1 aromatic rings. The molecule has 7 nitrogen and oxygen atoms in total. The van der Waals surface area contributed by atoms with Crippen LogP contribution in [0.3, 0.4) is 0 Å². The van der Waals surface area contributed by atoms with E-state index in [1.807, 2.05) is 0 Å². The zero-order valence-electron chi connectivity index (χ0n) is 9.68. The summed E-state index contributed by atoms with van der Waals surface area (Å²) in [6.07, 6.45) is -1.09. The fraction of sp³-hybridized carbons (Fsp3) is 0.222. The quantitative estimate of drug-likeness (QED) is 0.808. The molecule has 0 fully saturated rings. The Morgan fingerprint density at radius 3 is 2.67 bits per heavy atom. The van der Waals surface area contributed by atoms with Crippen LogP contribution in [0.1, 0.15) is 0 Å². The van der Waals surface area contributed by atoms with Gasteiger partial charge in [0, 0.05) is 12.1 Å². The van der Waals surface area contributed by atoms with Gasteiger partial charge in [0.2, 0.25) is 0 Å². The lowest BCUT2D eigenvalue weighted by atomic mass is 10.3. The average molecular weight is 294 g/mol. The fourth-order valence-corrected chi connectivity index (χ4v) is 2.15. The van der Waals surface area contributed by atoms with Crippen molar-refractivity contribution in [3.63, 3.8) is 0 Å². The van der Waals surface area contributed by atoms with Gasteiger partial charge in [-0.3, -0.25) is 4.31 Å². The van der Waals surface area contributed by atoms with E-state index in [1.54, 1.807) is 4.72 Å². The average Bonchev–Trinajstić information content (AvgIpc) is 2.30. The highest BCUT2D eigenvalue weighted by atomic mass is 35.5. The van der Waals surface area contributed by atoms with E-state index < -0.39 is 16.3 Å². The number of hydrogen-bond acceptors (Lipinski definition) is 5. The van der Waals surface area contributed by atoms with Crippen LogP contribution < -0.4 is 14.8 Å². The first-order valence-corrected chi connectivity index (χ1v) is 6.49. The molecule has 0 aliphatic heterocycles. The highest BCUT2D eigenvalue weighted by molar-refractivity contribution is 7.91. The third-order valence-electron chi connectivity index (χ3n) is 2.09. The molecule has 0 aliphatic rings. The molecule has 0 saturated heterocycles. The third-order valence-corrected chi connectivity index (χ3v) is 3.67. The number of ether oxygens (including phenoxy) is 1. The maximum absolute atomic E-state index is 11.8. The molecule has 1 aromatic carbocycles. The predicted molar refractivity (Wildman–Crippen MR) is 68.7 cm³/mol. The second-order valence-corrected chi connectivity index (χ2v) is 5.41. The van der Waals surface area contributed by atoms with Crippen molar-refractivity contribution in [3.8, 4) is 0 Å². The molecule has 0 heterocycles. The Bertz CT molecular complexity index is 561. The van der Waals surface area contributed by atoms with Gasteiger partial charge in [0.05, 0.1) is 18.5 Å². The first-order valence-electron chi connectivity index (χ1n) is 4.67. The van der Waals surface area contributed by atoms with Crippen LogP contribution in [0.25, 0.3) is 0 Å². The number of amides is 1. The smallest absolute Gasteiger partial charge is 0.422 e. The van der Waals surface area contributed by atoms with Crippen molar-refractivity contribution in [1.29, 1.82) is 0 Å². The molecule has 0 aliphatic carbocycles. The number of nitrogens with two attached hydrogens (primary N) is 1. The lowest BCUT2D eigenvalue weighted by Crippen LogP contribution is -2.41. The van der Waals surface area contributed by atoms with Gasteiger partial charge in [0.15, 0.2) is 0 Å². The first kappa shape index (κ1) is 14.4. The number of nitrogen functional groups attached to an aromatic ring is 1. The maximum Gasteiger partial charge on any atom is 0.422 e. The van der Waals surface area contributed by atoms with Crippen molar-refractivity contribution in [3.05, 3.63) is 23.2 Å². The van der Waals surface area contributed by atoms with E-state index in [-0.39, 0.29) is 11.4 Å². The van der Waals surface area contributed by atoms with E-state index in [2.05, 4.69) is 4.74 Å². The Balaban J connectivity index is 3.09. The summed E-state index contributed by atoms with van der Waals surface area (Å²) in [5, 5.41) is 0.319. The van der Waals surface area contributed by atoms with E-state index in [0.29, 0.717) is 5.02 Å². The van der Waals surface area contributed by atoms with Crippen molar-refractivity contribution >= 4 is 39.3 Å². The summed E-state index contributed by atoms with van der Waals surface area (Å²) < 4.78 is 30.3. The summed E-state index contributed by atoms with van der Waals surface area (Å²) in [5.74, 6) is 0. The van der Waals surface area contributed by atoms with E-state index in [0.717, 1.165) is 11.4 Å². The molecule has 1 rings (SSSR count). The monoisotopic (exact) mass is 293 g/mol. The number of hydrogen-bond donors (Lipinski definition) is 2. The summed E-state index contributed by atoms with van der Waals surface area (Å²) in [4.78, 5) is 10.9. The van der Waals surface area contributed by atoms with E-state index in [9.17, 15) is 13.2 Å². The van der Waals surface area contributed by atoms with Gasteiger partial charge in [-0.1, -0.05) is 11.6 Å². The Kier molecular flexibility index (Phi) is 4.25. The Labute approximate surface area is 110 Å². The molecular weight excluding hydrogens is 282 g/mol. The molecule has 0 spiro atoms. The second-order valence-electron chi connectivity index (χ2n) is 3.27. The van der Waals surface area contributed by atoms with Crippen molar-refractivity contribution in [2.24, 2.45) is 0 Å². The Morgan fingerprint density at radius 2 is 2.11 bits per heavy atom. The number of anilines is 2. The molecule has 100 valence electrons. The minimum Gasteiger partial charge on any atom is -0.452 e. The molecular formula is C9H12ClN3O4S. The Morgan fingerprint density at radius 1 is 1.50 bits per heavy atom. The largest absolute Gasteiger partial charge is 0.452 e. The number of benzene rings is 1. The van der Waals surface area contributed by atoms with Gasteiger partial charge in [-0.05, 0) is 18.2 Å². The molecule has 0 aromatic heterocycles. The molecule has 1 amide bonds. The molecule has 0 bridgehead atoms. The van der Waals surface area contributed by atoms with Crippen molar-refractivity contribution < 1.29 is 17.9 Å². The topological polar surface area (TPSA) is 102 Å². The van der Waals surface area contributed by atoms with E-state index in [1.165, 1.54) is 25.2 Å². The molecule has 18 heavy (non-hydrogen) atoms. The summed E-state index contributed by atoms with van der Waals surface area (Å²) >= 11 is 5.75. The highest BCUT2D eigenvalue weighted by Gasteiger charge is 2.23. The standard InChI is InChI=1S/C9H12ClN3O4S/c1-13(18(15,16)12-9(14)17-2)8-5-6(10)3-4-7(8)11/h3-5H,11H2,1-2H3,(H,12,14). The molecule has 0 radical (unpaired) electrons. The lowest BCUT2D eigenvalue weighted by Gasteiger charge is -2.20. The first-order chi connectivity index (χ1) is 8.27. The van der Waals surface area contributed by atoms with Gasteiger partial charge in [0.1, 0.15) is 0 Å². The van der Waals surface area contributed by atoms with Crippen LogP contribution in [0.2, 0.25) is 5.02 Å². The SMILES string of the molecule is COC(=O)NS(=O)(=O)N(C)c1cc(Cl)ccc1N. The number of carbonyl (C=O) groups excluding carboxylic acids is 1. The van der Waals surface area contributed by atoms with Gasteiger partial charge in [-0.25, -0.2) is 9.52 Å². The van der Waals surface area contributed by atoms with E-state index >= 15 is 0 Å². The van der Waals surface area contributed by atoms with Crippen LogP contribution in [0.4, 0.5) is 16.2 Å². The minimum absolute atomic E-state index is 0.152. The summed E-state index contributed by atoms with van der Waals surface area (Å²) in [7, 11) is -1.81. The van der Waals surface area contributed by atoms with Gasteiger partial charge >= 0.3 is 16.3 Å². The molecule has 0 unspecified atom stereocenters. The lowest BCUT2D eigenvalue weighted by molar-refractivity contribution is 0.177. The number of nitrogens with zero attached hydrogens (tertiary/aromatic N) is 1. The zero-order chi connectivity index (χ0) is 13.9. The highest BCUT2D eigenvalue weighted by Crippen LogP contribution is 2.27. The van der Waals surface area contributed by atoms with Crippen LogP contribution in [0.5, 0.6) is 0 Å². The van der Waals surface area contributed by atoms with Gasteiger partial charge < -0.3 is 10.5 Å². The number of halogens is 1. The molecule has 0 atom stereocenters. The van der Waals surface area contributed by atoms with E-state index in [4.69, 9.17) is 17.3 Å². The van der Waals surface area contributed by atoms with Gasteiger partial charge in [0.25, 0.3) is 0 Å². The minimum atomic E-state index is -4.09. The normalized spacial score (nSPS) is 10.8. The number of methoxy groups -OCH3 is 1. The Hall–Kier alpha value is -1.67. The molecule has 3 N–H and O–H groups in total. The van der Waals surface area contributed by atoms with Gasteiger partial charge in [-0.15, -0.1) is 0 Å².